The molecule has 2 unspecified atom stereocenters. The molecule has 0 saturated carbocycles. The molecule has 8 nitrogen and oxygen atoms in total. The quantitative estimate of drug-likeness (QED) is 0.708. The molecule has 3 N–H and O–H groups in total. The number of aryl methyl sites for hydroxylation is 1. The number of ether oxygens (including phenoxy) is 1. The molecular formula is C12H17N3O5. The van der Waals surface area contributed by atoms with Crippen LogP contribution < -0.4 is 10.6 Å². The van der Waals surface area contributed by atoms with Gasteiger partial charge in [0, 0.05) is 6.42 Å². The maximum absolute atomic E-state index is 11.7. The fraction of sp³-hybridized carbons (Fsp3) is 0.583. The summed E-state index contributed by atoms with van der Waals surface area (Å²) in [6.07, 6.45) is 2.35. The molecule has 20 heavy (non-hydrogen) atoms. The molecule has 2 amide bonds. The summed E-state index contributed by atoms with van der Waals surface area (Å²) >= 11 is 0. The SMILES string of the molecule is CCc1cnc(CNC(=O)NC2COCC2C(=O)O)o1. The Labute approximate surface area is 115 Å². The van der Waals surface area contributed by atoms with Crippen LogP contribution in [0.2, 0.25) is 0 Å². The molecule has 1 fully saturated rings. The predicted molar refractivity (Wildman–Crippen MR) is 67.0 cm³/mol. The van der Waals surface area contributed by atoms with Crippen molar-refractivity contribution in [3.63, 3.8) is 0 Å². The summed E-state index contributed by atoms with van der Waals surface area (Å²) in [6.45, 7) is 2.40. The molecule has 0 radical (unpaired) electrons. The van der Waals surface area contributed by atoms with Crippen molar-refractivity contribution < 1.29 is 23.8 Å². The second-order valence-corrected chi connectivity index (χ2v) is 4.49. The van der Waals surface area contributed by atoms with Gasteiger partial charge < -0.3 is 24.9 Å². The standard InChI is InChI=1S/C12H17N3O5/c1-2-7-3-13-10(20-7)4-14-12(18)15-9-6-19-5-8(9)11(16)17/h3,8-9H,2,4-6H2,1H3,(H,16,17)(H2,14,15,18). The van der Waals surface area contributed by atoms with Crippen LogP contribution in [0.3, 0.4) is 0 Å². The van der Waals surface area contributed by atoms with Crippen molar-refractivity contribution in [2.75, 3.05) is 13.2 Å². The highest BCUT2D eigenvalue weighted by Crippen LogP contribution is 2.13. The Kier molecular flexibility index (Phi) is 4.57. The number of carbonyl (C=O) groups is 2. The molecule has 1 aliphatic heterocycles. The minimum Gasteiger partial charge on any atom is -0.481 e. The van der Waals surface area contributed by atoms with Crippen molar-refractivity contribution in [1.29, 1.82) is 0 Å². The van der Waals surface area contributed by atoms with Gasteiger partial charge in [-0.05, 0) is 0 Å². The third kappa shape index (κ3) is 3.47. The van der Waals surface area contributed by atoms with E-state index in [-0.39, 0.29) is 19.8 Å². The molecule has 1 aromatic rings. The Hall–Kier alpha value is -2.09. The zero-order valence-corrected chi connectivity index (χ0v) is 11.1. The Morgan fingerprint density at radius 2 is 2.30 bits per heavy atom. The predicted octanol–water partition coefficient (Wildman–Crippen LogP) is 0.136. The summed E-state index contributed by atoms with van der Waals surface area (Å²) in [6, 6.07) is -0.994. The van der Waals surface area contributed by atoms with Gasteiger partial charge in [0.1, 0.15) is 11.7 Å². The number of hydrogen-bond donors (Lipinski definition) is 3. The van der Waals surface area contributed by atoms with E-state index in [1.807, 2.05) is 6.92 Å². The fourth-order valence-corrected chi connectivity index (χ4v) is 1.91. The molecule has 110 valence electrons. The molecule has 2 heterocycles. The van der Waals surface area contributed by atoms with E-state index in [1.54, 1.807) is 6.20 Å². The van der Waals surface area contributed by atoms with Crippen LogP contribution in [0.1, 0.15) is 18.6 Å². The van der Waals surface area contributed by atoms with Crippen molar-refractivity contribution in [2.24, 2.45) is 5.92 Å². The number of nitrogens with one attached hydrogen (secondary N) is 2. The van der Waals surface area contributed by atoms with Crippen molar-refractivity contribution in [1.82, 2.24) is 15.6 Å². The molecular weight excluding hydrogens is 266 g/mol. The highest BCUT2D eigenvalue weighted by Gasteiger charge is 2.35. The number of aliphatic carboxylic acids is 1. The zero-order valence-electron chi connectivity index (χ0n) is 11.1. The van der Waals surface area contributed by atoms with Gasteiger partial charge in [-0.2, -0.15) is 0 Å². The van der Waals surface area contributed by atoms with Gasteiger partial charge >= 0.3 is 12.0 Å². The maximum atomic E-state index is 11.7. The average Bonchev–Trinajstić information content (AvgIpc) is 3.04. The molecule has 1 aromatic heterocycles. The van der Waals surface area contributed by atoms with Crippen LogP contribution in [0.25, 0.3) is 0 Å². The summed E-state index contributed by atoms with van der Waals surface area (Å²) in [4.78, 5) is 26.6. The van der Waals surface area contributed by atoms with Crippen LogP contribution in [0, 0.1) is 5.92 Å². The average molecular weight is 283 g/mol. The lowest BCUT2D eigenvalue weighted by Crippen LogP contribution is -2.47. The first-order valence-corrected chi connectivity index (χ1v) is 6.38. The van der Waals surface area contributed by atoms with Crippen molar-refractivity contribution in [2.45, 2.75) is 25.9 Å². The molecule has 2 rings (SSSR count). The normalized spacial score (nSPS) is 21.6. The Morgan fingerprint density at radius 3 is 2.95 bits per heavy atom. The number of amides is 2. The van der Waals surface area contributed by atoms with Crippen LogP contribution in [-0.2, 0) is 22.5 Å². The molecule has 0 aromatic carbocycles. The summed E-state index contributed by atoms with van der Waals surface area (Å²) in [5.41, 5.74) is 0. The number of rotatable bonds is 5. The summed E-state index contributed by atoms with van der Waals surface area (Å²) < 4.78 is 10.4. The van der Waals surface area contributed by atoms with Crippen LogP contribution in [0.4, 0.5) is 4.79 Å². The van der Waals surface area contributed by atoms with Gasteiger partial charge in [0.2, 0.25) is 5.89 Å². The van der Waals surface area contributed by atoms with Crippen molar-refractivity contribution >= 4 is 12.0 Å². The molecule has 0 bridgehead atoms. The van der Waals surface area contributed by atoms with Crippen molar-refractivity contribution in [3.8, 4) is 0 Å². The topological polar surface area (TPSA) is 114 Å². The molecule has 1 aliphatic rings. The van der Waals surface area contributed by atoms with E-state index in [2.05, 4.69) is 15.6 Å². The highest BCUT2D eigenvalue weighted by atomic mass is 16.5. The molecule has 0 spiro atoms. The number of aromatic nitrogens is 1. The summed E-state index contributed by atoms with van der Waals surface area (Å²) in [5, 5.41) is 14.1. The van der Waals surface area contributed by atoms with E-state index in [9.17, 15) is 9.59 Å². The van der Waals surface area contributed by atoms with Gasteiger partial charge in [-0.3, -0.25) is 4.79 Å². The number of urea groups is 1. The van der Waals surface area contributed by atoms with Crippen LogP contribution in [0.15, 0.2) is 10.6 Å². The third-order valence-electron chi connectivity index (χ3n) is 3.06. The number of carbonyl (C=O) groups excluding carboxylic acids is 1. The molecule has 0 aliphatic carbocycles. The van der Waals surface area contributed by atoms with E-state index < -0.39 is 24.0 Å². The first-order chi connectivity index (χ1) is 9.60. The van der Waals surface area contributed by atoms with Gasteiger partial charge in [-0.15, -0.1) is 0 Å². The fourth-order valence-electron chi connectivity index (χ4n) is 1.91. The molecule has 2 atom stereocenters. The Morgan fingerprint density at radius 1 is 1.50 bits per heavy atom. The summed E-state index contributed by atoms with van der Waals surface area (Å²) in [7, 11) is 0. The minimum atomic E-state index is -0.979. The maximum Gasteiger partial charge on any atom is 0.315 e. The van der Waals surface area contributed by atoms with E-state index in [1.165, 1.54) is 0 Å². The smallest absolute Gasteiger partial charge is 0.315 e. The number of nitrogens with zero attached hydrogens (tertiary/aromatic N) is 1. The first kappa shape index (κ1) is 14.3. The first-order valence-electron chi connectivity index (χ1n) is 6.38. The van der Waals surface area contributed by atoms with E-state index in [4.69, 9.17) is 14.3 Å². The van der Waals surface area contributed by atoms with Crippen LogP contribution in [0.5, 0.6) is 0 Å². The second kappa shape index (κ2) is 6.38. The van der Waals surface area contributed by atoms with Gasteiger partial charge in [0.15, 0.2) is 0 Å². The van der Waals surface area contributed by atoms with E-state index >= 15 is 0 Å². The largest absolute Gasteiger partial charge is 0.481 e. The number of oxazole rings is 1. The molecule has 1 saturated heterocycles. The minimum absolute atomic E-state index is 0.111. The van der Waals surface area contributed by atoms with Gasteiger partial charge in [-0.1, -0.05) is 6.92 Å². The lowest BCUT2D eigenvalue weighted by Gasteiger charge is -2.15. The number of carboxylic acids is 1. The third-order valence-corrected chi connectivity index (χ3v) is 3.06. The van der Waals surface area contributed by atoms with E-state index in [0.717, 1.165) is 12.2 Å². The summed E-state index contributed by atoms with van der Waals surface area (Å²) in [5.74, 6) is -0.533. The number of hydrogen-bond acceptors (Lipinski definition) is 5. The number of carboxylic acid groups (broad SMARTS) is 1. The van der Waals surface area contributed by atoms with Gasteiger partial charge in [0.05, 0.1) is 32.0 Å². The van der Waals surface area contributed by atoms with Crippen LogP contribution >= 0.6 is 0 Å². The Bertz CT molecular complexity index is 487. The second-order valence-electron chi connectivity index (χ2n) is 4.49. The Balaban J connectivity index is 1.79. The lowest BCUT2D eigenvalue weighted by molar-refractivity contribution is -0.142. The van der Waals surface area contributed by atoms with Crippen LogP contribution in [-0.4, -0.2) is 41.3 Å². The van der Waals surface area contributed by atoms with Gasteiger partial charge in [0.25, 0.3) is 0 Å². The van der Waals surface area contributed by atoms with E-state index in [0.29, 0.717) is 5.89 Å². The van der Waals surface area contributed by atoms with Crippen molar-refractivity contribution in [3.05, 3.63) is 17.8 Å². The highest BCUT2D eigenvalue weighted by molar-refractivity contribution is 5.77. The monoisotopic (exact) mass is 283 g/mol. The zero-order chi connectivity index (χ0) is 14.5. The van der Waals surface area contributed by atoms with Gasteiger partial charge in [-0.25, -0.2) is 9.78 Å². The lowest BCUT2D eigenvalue weighted by atomic mass is 10.0. The molecule has 8 heteroatoms.